The summed E-state index contributed by atoms with van der Waals surface area (Å²) in [6.45, 7) is 3.77. The summed E-state index contributed by atoms with van der Waals surface area (Å²) in [6, 6.07) is 5.52. The number of fused-ring (bicyclic) bond motifs is 1. The summed E-state index contributed by atoms with van der Waals surface area (Å²) >= 11 is 0. The van der Waals surface area contributed by atoms with Gasteiger partial charge in [-0.15, -0.1) is 0 Å². The van der Waals surface area contributed by atoms with Gasteiger partial charge in [0.25, 0.3) is 0 Å². The first kappa shape index (κ1) is 13.5. The Balaban J connectivity index is 2.07. The lowest BCUT2D eigenvalue weighted by molar-refractivity contribution is 0.112. The first-order chi connectivity index (χ1) is 10.2. The lowest BCUT2D eigenvalue weighted by Gasteiger charge is -2.18. The number of anilines is 1. The van der Waals surface area contributed by atoms with Crippen molar-refractivity contribution >= 4 is 12.1 Å². The number of aldehydes is 1. The molecule has 0 amide bonds. The second-order valence-electron chi connectivity index (χ2n) is 4.85. The van der Waals surface area contributed by atoms with Crippen molar-refractivity contribution in [1.82, 2.24) is 9.78 Å². The maximum Gasteiger partial charge on any atom is 0.162 e. The molecule has 21 heavy (non-hydrogen) atoms. The average molecular weight is 287 g/mol. The molecular weight excluding hydrogens is 270 g/mol. The predicted molar refractivity (Wildman–Crippen MR) is 78.7 cm³/mol. The second kappa shape index (κ2) is 5.47. The highest BCUT2D eigenvalue weighted by Gasteiger charge is 2.19. The standard InChI is InChI=1S/C15H17N3O3/c1-2-5-18-15(16)11(9-19)14(17-18)10-3-4-12-13(8-10)21-7-6-20-12/h3-4,8-9H,2,5-7,16H2,1H3. The summed E-state index contributed by atoms with van der Waals surface area (Å²) in [4.78, 5) is 11.3. The Bertz CT molecular complexity index is 679. The summed E-state index contributed by atoms with van der Waals surface area (Å²) in [5.74, 6) is 1.77. The van der Waals surface area contributed by atoms with Crippen molar-refractivity contribution in [2.45, 2.75) is 19.9 Å². The fraction of sp³-hybridized carbons (Fsp3) is 0.333. The molecule has 0 fully saturated rings. The van der Waals surface area contributed by atoms with Gasteiger partial charge in [0.05, 0.1) is 5.56 Å². The topological polar surface area (TPSA) is 79.4 Å². The fourth-order valence-electron chi connectivity index (χ4n) is 2.39. The summed E-state index contributed by atoms with van der Waals surface area (Å²) in [5, 5.41) is 4.45. The zero-order valence-electron chi connectivity index (χ0n) is 11.8. The highest BCUT2D eigenvalue weighted by molar-refractivity contribution is 5.91. The van der Waals surface area contributed by atoms with Gasteiger partial charge in [-0.05, 0) is 24.6 Å². The number of hydrogen-bond donors (Lipinski definition) is 1. The summed E-state index contributed by atoms with van der Waals surface area (Å²) in [6.07, 6.45) is 1.64. The fourth-order valence-corrected chi connectivity index (χ4v) is 2.39. The Hall–Kier alpha value is -2.50. The number of benzene rings is 1. The molecule has 0 radical (unpaired) electrons. The average Bonchev–Trinajstić information content (AvgIpc) is 2.83. The third-order valence-electron chi connectivity index (χ3n) is 3.40. The number of rotatable bonds is 4. The molecule has 2 heterocycles. The van der Waals surface area contributed by atoms with Gasteiger partial charge in [-0.25, -0.2) is 4.68 Å². The van der Waals surface area contributed by atoms with Gasteiger partial charge in [0.15, 0.2) is 17.8 Å². The molecule has 0 spiro atoms. The number of nitrogens with two attached hydrogens (primary N) is 1. The highest BCUT2D eigenvalue weighted by Crippen LogP contribution is 2.35. The second-order valence-corrected chi connectivity index (χ2v) is 4.85. The van der Waals surface area contributed by atoms with Crippen LogP contribution in [0.3, 0.4) is 0 Å². The molecule has 2 aromatic rings. The molecule has 1 aliphatic heterocycles. The molecule has 0 aliphatic carbocycles. The lowest BCUT2D eigenvalue weighted by atomic mass is 10.1. The first-order valence-corrected chi connectivity index (χ1v) is 6.96. The molecule has 0 atom stereocenters. The molecule has 0 saturated carbocycles. The van der Waals surface area contributed by atoms with Crippen molar-refractivity contribution < 1.29 is 14.3 Å². The number of ether oxygens (including phenoxy) is 2. The smallest absolute Gasteiger partial charge is 0.162 e. The van der Waals surface area contributed by atoms with Gasteiger partial charge in [-0.1, -0.05) is 6.92 Å². The van der Waals surface area contributed by atoms with Crippen LogP contribution in [-0.4, -0.2) is 29.3 Å². The van der Waals surface area contributed by atoms with E-state index < -0.39 is 0 Å². The van der Waals surface area contributed by atoms with Crippen LogP contribution in [0.25, 0.3) is 11.3 Å². The van der Waals surface area contributed by atoms with Crippen LogP contribution in [0.2, 0.25) is 0 Å². The summed E-state index contributed by atoms with van der Waals surface area (Å²) < 4.78 is 12.7. The zero-order valence-corrected chi connectivity index (χ0v) is 11.8. The summed E-state index contributed by atoms with van der Waals surface area (Å²) in [7, 11) is 0. The van der Waals surface area contributed by atoms with Crippen LogP contribution in [0.4, 0.5) is 5.82 Å². The van der Waals surface area contributed by atoms with E-state index in [1.165, 1.54) is 0 Å². The number of aromatic nitrogens is 2. The first-order valence-electron chi connectivity index (χ1n) is 6.96. The minimum Gasteiger partial charge on any atom is -0.486 e. The van der Waals surface area contributed by atoms with Gasteiger partial charge in [0.2, 0.25) is 0 Å². The molecule has 0 saturated heterocycles. The van der Waals surface area contributed by atoms with E-state index in [1.54, 1.807) is 4.68 Å². The highest BCUT2D eigenvalue weighted by atomic mass is 16.6. The zero-order chi connectivity index (χ0) is 14.8. The molecule has 2 N–H and O–H groups in total. The van der Waals surface area contributed by atoms with Crippen LogP contribution in [0.1, 0.15) is 23.7 Å². The van der Waals surface area contributed by atoms with Gasteiger partial charge < -0.3 is 15.2 Å². The van der Waals surface area contributed by atoms with E-state index in [4.69, 9.17) is 15.2 Å². The van der Waals surface area contributed by atoms with Gasteiger partial charge in [-0.2, -0.15) is 5.10 Å². The molecule has 0 bridgehead atoms. The summed E-state index contributed by atoms with van der Waals surface area (Å²) in [5.41, 5.74) is 7.78. The minimum absolute atomic E-state index is 0.400. The van der Waals surface area contributed by atoms with Crippen LogP contribution in [-0.2, 0) is 6.54 Å². The third-order valence-corrected chi connectivity index (χ3v) is 3.40. The monoisotopic (exact) mass is 287 g/mol. The maximum atomic E-state index is 11.3. The van der Waals surface area contributed by atoms with E-state index in [2.05, 4.69) is 5.10 Å². The number of nitrogen functional groups attached to an aromatic ring is 1. The normalized spacial score (nSPS) is 13.2. The van der Waals surface area contributed by atoms with Crippen LogP contribution < -0.4 is 15.2 Å². The number of carbonyl (C=O) groups excluding carboxylic acids is 1. The number of hydrogen-bond acceptors (Lipinski definition) is 5. The van der Waals surface area contributed by atoms with Crippen LogP contribution in [0.15, 0.2) is 18.2 Å². The Labute approximate surface area is 122 Å². The number of nitrogens with zero attached hydrogens (tertiary/aromatic N) is 2. The molecule has 1 aliphatic rings. The van der Waals surface area contributed by atoms with E-state index in [1.807, 2.05) is 25.1 Å². The maximum absolute atomic E-state index is 11.3. The Morgan fingerprint density at radius 3 is 2.81 bits per heavy atom. The molecule has 6 nitrogen and oxygen atoms in total. The van der Waals surface area contributed by atoms with Crippen molar-refractivity contribution in [2.24, 2.45) is 0 Å². The van der Waals surface area contributed by atoms with Crippen LogP contribution in [0, 0.1) is 0 Å². The Morgan fingerprint density at radius 2 is 2.10 bits per heavy atom. The van der Waals surface area contributed by atoms with Crippen molar-refractivity contribution in [3.05, 3.63) is 23.8 Å². The quantitative estimate of drug-likeness (QED) is 0.871. The number of aryl methyl sites for hydroxylation is 1. The van der Waals surface area contributed by atoms with Gasteiger partial charge in [0, 0.05) is 12.1 Å². The lowest BCUT2D eigenvalue weighted by Crippen LogP contribution is -2.15. The van der Waals surface area contributed by atoms with Crippen molar-refractivity contribution in [3.63, 3.8) is 0 Å². The minimum atomic E-state index is 0.400. The van der Waals surface area contributed by atoms with Gasteiger partial charge in [0.1, 0.15) is 24.7 Å². The molecular formula is C15H17N3O3. The number of carbonyl (C=O) groups is 1. The van der Waals surface area contributed by atoms with Gasteiger partial charge in [-0.3, -0.25) is 4.79 Å². The molecule has 6 heteroatoms. The van der Waals surface area contributed by atoms with E-state index in [9.17, 15) is 4.79 Å². The third kappa shape index (κ3) is 2.33. The van der Waals surface area contributed by atoms with Crippen molar-refractivity contribution in [3.8, 4) is 22.8 Å². The molecule has 110 valence electrons. The molecule has 1 aromatic heterocycles. The van der Waals surface area contributed by atoms with Crippen molar-refractivity contribution in [1.29, 1.82) is 0 Å². The molecule has 1 aromatic carbocycles. The van der Waals surface area contributed by atoms with E-state index in [-0.39, 0.29) is 0 Å². The van der Waals surface area contributed by atoms with Crippen LogP contribution >= 0.6 is 0 Å². The van der Waals surface area contributed by atoms with E-state index >= 15 is 0 Å². The molecule has 3 rings (SSSR count). The SMILES string of the molecule is CCCn1nc(-c2ccc3c(c2)OCCO3)c(C=O)c1N. The van der Waals surface area contributed by atoms with E-state index in [0.29, 0.717) is 48.3 Å². The predicted octanol–water partition coefficient (Wildman–Crippen LogP) is 2.13. The van der Waals surface area contributed by atoms with Crippen molar-refractivity contribution in [2.75, 3.05) is 18.9 Å². The van der Waals surface area contributed by atoms with E-state index in [0.717, 1.165) is 18.3 Å². The molecule has 0 unspecified atom stereocenters. The van der Waals surface area contributed by atoms with Crippen LogP contribution in [0.5, 0.6) is 11.5 Å². The largest absolute Gasteiger partial charge is 0.486 e. The van der Waals surface area contributed by atoms with Gasteiger partial charge >= 0.3 is 0 Å². The Kier molecular flexibility index (Phi) is 3.51. The Morgan fingerprint density at radius 1 is 1.33 bits per heavy atom.